The number of hydrogen-bond donors (Lipinski definition) is 2. The van der Waals surface area contributed by atoms with E-state index in [1.54, 1.807) is 31.2 Å². The number of carbonyl (C=O) groups excluding carboxylic acids is 1. The Morgan fingerprint density at radius 1 is 1.25 bits per heavy atom. The lowest BCUT2D eigenvalue weighted by Gasteiger charge is -2.20. The summed E-state index contributed by atoms with van der Waals surface area (Å²) in [4.78, 5) is 25.5. The van der Waals surface area contributed by atoms with Crippen LogP contribution in [0.1, 0.15) is 28.8 Å². The number of nitrogens with one attached hydrogen (secondary N) is 2. The van der Waals surface area contributed by atoms with Crippen molar-refractivity contribution in [3.63, 3.8) is 0 Å². The highest BCUT2D eigenvalue weighted by Crippen LogP contribution is 2.35. The van der Waals surface area contributed by atoms with Crippen LogP contribution in [-0.4, -0.2) is 29.0 Å². The van der Waals surface area contributed by atoms with Gasteiger partial charge in [0.2, 0.25) is 0 Å². The fourth-order valence-electron chi connectivity index (χ4n) is 3.14. The highest BCUT2D eigenvalue weighted by molar-refractivity contribution is 9.10. The zero-order chi connectivity index (χ0) is 20.3. The Morgan fingerprint density at radius 3 is 2.57 bits per heavy atom. The number of carbonyl (C=O) groups is 1. The third-order valence-electron chi connectivity index (χ3n) is 4.56. The van der Waals surface area contributed by atoms with Crippen molar-refractivity contribution in [3.8, 4) is 0 Å². The van der Waals surface area contributed by atoms with Gasteiger partial charge in [0.15, 0.2) is 5.11 Å². The van der Waals surface area contributed by atoms with Gasteiger partial charge in [0.1, 0.15) is 5.69 Å². The molecule has 0 unspecified atom stereocenters. The molecule has 1 amide bonds. The maximum absolute atomic E-state index is 12.4. The van der Waals surface area contributed by atoms with E-state index in [-0.39, 0.29) is 21.6 Å². The molecular formula is C19H19BrN4O3S. The minimum atomic E-state index is -0.364. The first-order valence-corrected chi connectivity index (χ1v) is 9.98. The van der Waals surface area contributed by atoms with Gasteiger partial charge in [-0.1, -0.05) is 12.1 Å². The molecule has 0 aliphatic carbocycles. The van der Waals surface area contributed by atoms with E-state index in [0.29, 0.717) is 27.0 Å². The summed E-state index contributed by atoms with van der Waals surface area (Å²) < 4.78 is 0.665. The molecule has 1 aliphatic heterocycles. The molecular weight excluding hydrogens is 444 g/mol. The fraction of sp³-hybridized carbons (Fsp3) is 0.263. The molecule has 1 heterocycles. The van der Waals surface area contributed by atoms with Gasteiger partial charge >= 0.3 is 0 Å². The second-order valence-electron chi connectivity index (χ2n) is 6.50. The Kier molecular flexibility index (Phi) is 6.25. The summed E-state index contributed by atoms with van der Waals surface area (Å²) in [6, 6.07) is 10.3. The molecule has 0 radical (unpaired) electrons. The summed E-state index contributed by atoms with van der Waals surface area (Å²) in [5.74, 6) is -0.343. The van der Waals surface area contributed by atoms with Crippen LogP contribution in [0.3, 0.4) is 0 Å². The Labute approximate surface area is 176 Å². The van der Waals surface area contributed by atoms with Crippen LogP contribution < -0.4 is 15.5 Å². The molecule has 7 nitrogen and oxygen atoms in total. The van der Waals surface area contributed by atoms with Gasteiger partial charge in [0.05, 0.1) is 10.5 Å². The number of amides is 1. The van der Waals surface area contributed by atoms with E-state index in [1.165, 1.54) is 6.07 Å². The Morgan fingerprint density at radius 2 is 1.93 bits per heavy atom. The molecule has 146 valence electrons. The lowest BCUT2D eigenvalue weighted by molar-refractivity contribution is -0.384. The molecule has 1 fully saturated rings. The lowest BCUT2D eigenvalue weighted by Crippen LogP contribution is -2.34. The maximum atomic E-state index is 12.4. The molecule has 1 saturated heterocycles. The van der Waals surface area contributed by atoms with Gasteiger partial charge in [-0.2, -0.15) is 0 Å². The number of hydrogen-bond acceptors (Lipinski definition) is 5. The van der Waals surface area contributed by atoms with Crippen LogP contribution >= 0.6 is 28.1 Å². The van der Waals surface area contributed by atoms with Crippen molar-refractivity contribution in [3.05, 3.63) is 62.1 Å². The predicted octanol–water partition coefficient (Wildman–Crippen LogP) is 4.39. The average molecular weight is 463 g/mol. The molecule has 28 heavy (non-hydrogen) atoms. The van der Waals surface area contributed by atoms with Gasteiger partial charge in [-0.05, 0) is 71.7 Å². The molecule has 2 N–H and O–H groups in total. The first kappa shape index (κ1) is 20.2. The van der Waals surface area contributed by atoms with Crippen molar-refractivity contribution in [1.82, 2.24) is 5.32 Å². The zero-order valence-corrected chi connectivity index (χ0v) is 17.6. The van der Waals surface area contributed by atoms with Crippen molar-refractivity contribution in [2.24, 2.45) is 0 Å². The summed E-state index contributed by atoms with van der Waals surface area (Å²) >= 11 is 8.61. The van der Waals surface area contributed by atoms with Gasteiger partial charge in [0.25, 0.3) is 11.6 Å². The van der Waals surface area contributed by atoms with Gasteiger partial charge in [-0.3, -0.25) is 20.2 Å². The molecule has 1 aliphatic rings. The van der Waals surface area contributed by atoms with Gasteiger partial charge < -0.3 is 10.2 Å². The third kappa shape index (κ3) is 4.48. The Hall–Kier alpha value is -2.52. The monoisotopic (exact) mass is 462 g/mol. The minimum Gasteiger partial charge on any atom is -0.366 e. The summed E-state index contributed by atoms with van der Waals surface area (Å²) in [5.41, 5.74) is 2.41. The number of nitro benzene ring substituents is 1. The summed E-state index contributed by atoms with van der Waals surface area (Å²) in [6.45, 7) is 3.33. The van der Waals surface area contributed by atoms with Crippen molar-refractivity contribution >= 4 is 56.2 Å². The lowest BCUT2D eigenvalue weighted by atomic mass is 10.1. The Bertz CT molecular complexity index is 945. The van der Waals surface area contributed by atoms with Crippen molar-refractivity contribution in [2.75, 3.05) is 23.3 Å². The number of aryl methyl sites for hydroxylation is 1. The first-order valence-electron chi connectivity index (χ1n) is 8.77. The fourth-order valence-corrected chi connectivity index (χ4v) is 3.81. The molecule has 0 aromatic heterocycles. The highest BCUT2D eigenvalue weighted by atomic mass is 79.9. The van der Waals surface area contributed by atoms with Gasteiger partial charge in [-0.25, -0.2) is 0 Å². The first-order chi connectivity index (χ1) is 13.4. The van der Waals surface area contributed by atoms with E-state index in [9.17, 15) is 14.9 Å². The SMILES string of the molecule is Cc1cc([N+](=O)[O-])c(N2CCCC2)cc1NC(=S)NC(=O)c1ccccc1Br. The summed E-state index contributed by atoms with van der Waals surface area (Å²) in [6.07, 6.45) is 2.02. The molecule has 3 rings (SSSR count). The molecule has 0 saturated carbocycles. The van der Waals surface area contributed by atoms with E-state index < -0.39 is 0 Å². The second-order valence-corrected chi connectivity index (χ2v) is 7.76. The van der Waals surface area contributed by atoms with Crippen LogP contribution in [0.2, 0.25) is 0 Å². The standard InChI is InChI=1S/C19H19BrN4O3S/c1-12-10-17(24(26)27)16(23-8-4-5-9-23)11-15(12)21-19(28)22-18(25)13-6-2-3-7-14(13)20/h2-3,6-7,10-11H,4-5,8-9H2,1H3,(H2,21,22,25,28). The molecule has 2 aromatic carbocycles. The van der Waals surface area contributed by atoms with Gasteiger partial charge in [0, 0.05) is 29.3 Å². The molecule has 0 atom stereocenters. The number of nitro groups is 1. The maximum Gasteiger partial charge on any atom is 0.292 e. The summed E-state index contributed by atoms with van der Waals surface area (Å²) in [5, 5.41) is 17.2. The van der Waals surface area contributed by atoms with Crippen LogP contribution in [0, 0.1) is 17.0 Å². The number of halogens is 1. The predicted molar refractivity (Wildman–Crippen MR) is 117 cm³/mol. The molecule has 0 spiro atoms. The summed E-state index contributed by atoms with van der Waals surface area (Å²) in [7, 11) is 0. The largest absolute Gasteiger partial charge is 0.366 e. The minimum absolute atomic E-state index is 0.0770. The average Bonchev–Trinajstić information content (AvgIpc) is 3.17. The highest BCUT2D eigenvalue weighted by Gasteiger charge is 2.24. The topological polar surface area (TPSA) is 87.5 Å². The van der Waals surface area contributed by atoms with Crippen molar-refractivity contribution < 1.29 is 9.72 Å². The molecule has 9 heteroatoms. The normalized spacial score (nSPS) is 13.3. The number of nitrogens with zero attached hydrogens (tertiary/aromatic N) is 2. The van der Waals surface area contributed by atoms with Crippen LogP contribution in [-0.2, 0) is 0 Å². The molecule has 0 bridgehead atoms. The molecule has 2 aromatic rings. The van der Waals surface area contributed by atoms with Crippen molar-refractivity contribution in [2.45, 2.75) is 19.8 Å². The second kappa shape index (κ2) is 8.66. The Balaban J connectivity index is 1.80. The van der Waals surface area contributed by atoms with Gasteiger partial charge in [-0.15, -0.1) is 0 Å². The third-order valence-corrected chi connectivity index (χ3v) is 5.45. The zero-order valence-electron chi connectivity index (χ0n) is 15.2. The van der Waals surface area contributed by atoms with E-state index in [2.05, 4.69) is 26.6 Å². The van der Waals surface area contributed by atoms with Crippen LogP contribution in [0.5, 0.6) is 0 Å². The van der Waals surface area contributed by atoms with Crippen LogP contribution in [0.15, 0.2) is 40.9 Å². The number of benzene rings is 2. The van der Waals surface area contributed by atoms with E-state index >= 15 is 0 Å². The van der Waals surface area contributed by atoms with E-state index in [4.69, 9.17) is 12.2 Å². The van der Waals surface area contributed by atoms with Crippen LogP contribution in [0.25, 0.3) is 0 Å². The number of thiocarbonyl (C=S) groups is 1. The van der Waals surface area contributed by atoms with E-state index in [0.717, 1.165) is 25.9 Å². The van der Waals surface area contributed by atoms with Crippen LogP contribution in [0.4, 0.5) is 17.1 Å². The number of rotatable bonds is 4. The quantitative estimate of drug-likeness (QED) is 0.397. The van der Waals surface area contributed by atoms with Crippen molar-refractivity contribution in [1.29, 1.82) is 0 Å². The van der Waals surface area contributed by atoms with E-state index in [1.807, 2.05) is 11.0 Å². The number of anilines is 2. The smallest absolute Gasteiger partial charge is 0.292 e.